The van der Waals surface area contributed by atoms with Crippen LogP contribution in [0, 0.1) is 0 Å². The molecule has 0 unspecified atom stereocenters. The van der Waals surface area contributed by atoms with Gasteiger partial charge < -0.3 is 28.8 Å². The Labute approximate surface area is 313 Å². The van der Waals surface area contributed by atoms with Crippen molar-refractivity contribution in [1.29, 1.82) is 0 Å². The van der Waals surface area contributed by atoms with Crippen LogP contribution in [0.5, 0.6) is 5.75 Å². The molecule has 2 fully saturated rings. The fourth-order valence-electron chi connectivity index (χ4n) is 7.65. The van der Waals surface area contributed by atoms with Crippen LogP contribution in [0.3, 0.4) is 0 Å². The van der Waals surface area contributed by atoms with Gasteiger partial charge in [0, 0.05) is 86.0 Å². The molecular formula is C45H54N3O5+. The first-order chi connectivity index (χ1) is 25.7. The van der Waals surface area contributed by atoms with E-state index in [1.165, 1.54) is 60.7 Å². The molecule has 3 aromatic carbocycles. The van der Waals surface area contributed by atoms with Gasteiger partial charge in [-0.3, -0.25) is 4.79 Å². The summed E-state index contributed by atoms with van der Waals surface area (Å²) in [6, 6.07) is 28.4. The molecule has 53 heavy (non-hydrogen) atoms. The standard InChI is InChI=1S/C45H54N3O5/c1-45(2,3)53-43(49)22-15-34-27-35(16-21-40(34)51-31-50-4)46-30-32-11-13-33(14-12-32)44-38-19-17-36(47-23-7-5-8-24-47)28-41(38)52-42-29-37(18-20-39(42)44)48-25-9-6-10-26-48/h11-14,16-21,27-29,46H,5-10,15,22-26,30-31H2,1-4H3/q+1. The number of ether oxygens (including phenoxy) is 3. The number of anilines is 2. The summed E-state index contributed by atoms with van der Waals surface area (Å²) in [6.07, 6.45) is 8.33. The number of carbonyl (C=O) groups is 1. The highest BCUT2D eigenvalue weighted by Crippen LogP contribution is 2.41. The normalized spacial score (nSPS) is 15.2. The lowest BCUT2D eigenvalue weighted by atomic mass is 9.93. The number of esters is 1. The summed E-state index contributed by atoms with van der Waals surface area (Å²) >= 11 is 0. The van der Waals surface area contributed by atoms with Crippen molar-refractivity contribution >= 4 is 28.3 Å². The van der Waals surface area contributed by atoms with Crippen molar-refractivity contribution in [2.24, 2.45) is 0 Å². The lowest BCUT2D eigenvalue weighted by Gasteiger charge is -2.29. The molecule has 2 saturated heterocycles. The van der Waals surface area contributed by atoms with E-state index < -0.39 is 5.60 Å². The van der Waals surface area contributed by atoms with Crippen LogP contribution < -0.4 is 24.9 Å². The van der Waals surface area contributed by atoms with Crippen molar-refractivity contribution in [3.63, 3.8) is 0 Å². The first-order valence-corrected chi connectivity index (χ1v) is 19.4. The van der Waals surface area contributed by atoms with Gasteiger partial charge in [0.05, 0.1) is 6.07 Å². The van der Waals surface area contributed by atoms with Gasteiger partial charge >= 0.3 is 5.97 Å². The Morgan fingerprint density at radius 1 is 0.868 bits per heavy atom. The topological polar surface area (TPSA) is 76.2 Å². The Balaban J connectivity index is 1.15. The molecule has 3 aromatic rings. The lowest BCUT2D eigenvalue weighted by molar-refractivity contribution is -0.154. The molecule has 0 aromatic heterocycles. The number of hydrogen-bond acceptors (Lipinski definition) is 7. The van der Waals surface area contributed by atoms with Gasteiger partial charge in [-0.1, -0.05) is 24.3 Å². The minimum atomic E-state index is -0.520. The Morgan fingerprint density at radius 2 is 1.64 bits per heavy atom. The zero-order valence-corrected chi connectivity index (χ0v) is 31.8. The summed E-state index contributed by atoms with van der Waals surface area (Å²) in [4.78, 5) is 15.0. The molecule has 0 bridgehead atoms. The van der Waals surface area contributed by atoms with Gasteiger partial charge in [0.25, 0.3) is 0 Å². The average molecular weight is 717 g/mol. The third-order valence-electron chi connectivity index (χ3n) is 10.3. The first-order valence-electron chi connectivity index (χ1n) is 19.4. The summed E-state index contributed by atoms with van der Waals surface area (Å²) in [6.45, 7) is 10.8. The van der Waals surface area contributed by atoms with Gasteiger partial charge in [0.15, 0.2) is 6.79 Å². The van der Waals surface area contributed by atoms with Crippen LogP contribution >= 0.6 is 0 Å². The van der Waals surface area contributed by atoms with Gasteiger partial charge in [-0.05, 0) is 106 Å². The molecular weight excluding hydrogens is 663 g/mol. The fourth-order valence-corrected chi connectivity index (χ4v) is 7.65. The van der Waals surface area contributed by atoms with Gasteiger partial charge in [-0.15, -0.1) is 0 Å². The van der Waals surface area contributed by atoms with Crippen LogP contribution in [0.15, 0.2) is 83.3 Å². The number of aryl methyl sites for hydroxylation is 1. The van der Waals surface area contributed by atoms with E-state index in [4.69, 9.17) is 18.6 Å². The maximum Gasteiger partial charge on any atom is 0.306 e. The quantitative estimate of drug-likeness (QED) is 0.0633. The molecule has 4 aliphatic rings. The molecule has 278 valence electrons. The van der Waals surface area contributed by atoms with E-state index >= 15 is 0 Å². The summed E-state index contributed by atoms with van der Waals surface area (Å²) in [5.74, 6) is 1.40. The predicted molar refractivity (Wildman–Crippen MR) is 214 cm³/mol. The lowest BCUT2D eigenvalue weighted by Crippen LogP contribution is -2.34. The maximum absolute atomic E-state index is 12.5. The first kappa shape index (κ1) is 36.5. The molecule has 8 heteroatoms. The van der Waals surface area contributed by atoms with Crippen LogP contribution in [0.25, 0.3) is 33.4 Å². The zero-order chi connectivity index (χ0) is 36.8. The van der Waals surface area contributed by atoms with Crippen molar-refractivity contribution in [3.8, 4) is 28.2 Å². The highest BCUT2D eigenvalue weighted by molar-refractivity contribution is 6.02. The highest BCUT2D eigenvalue weighted by atomic mass is 16.7. The van der Waals surface area contributed by atoms with E-state index in [-0.39, 0.29) is 19.2 Å². The largest absolute Gasteiger partial charge is 0.467 e. The van der Waals surface area contributed by atoms with E-state index in [1.54, 1.807) is 7.11 Å². The minimum absolute atomic E-state index is 0.137. The number of nitrogens with zero attached hydrogens (tertiary/aromatic N) is 2. The van der Waals surface area contributed by atoms with Gasteiger partial charge in [0.2, 0.25) is 5.36 Å². The second-order valence-electron chi connectivity index (χ2n) is 15.4. The smallest absolute Gasteiger partial charge is 0.306 e. The highest BCUT2D eigenvalue weighted by Gasteiger charge is 2.22. The monoisotopic (exact) mass is 716 g/mol. The van der Waals surface area contributed by atoms with Crippen molar-refractivity contribution in [2.45, 2.75) is 84.3 Å². The molecule has 3 aliphatic heterocycles. The second-order valence-corrected chi connectivity index (χ2v) is 15.4. The van der Waals surface area contributed by atoms with E-state index in [2.05, 4.69) is 75.5 Å². The Hall–Kier alpha value is -4.82. The van der Waals surface area contributed by atoms with Crippen molar-refractivity contribution in [2.75, 3.05) is 50.3 Å². The van der Waals surface area contributed by atoms with Gasteiger partial charge in [-0.25, -0.2) is 4.58 Å². The molecule has 0 radical (unpaired) electrons. The van der Waals surface area contributed by atoms with E-state index in [9.17, 15) is 4.79 Å². The van der Waals surface area contributed by atoms with Crippen LogP contribution in [-0.4, -0.2) is 51.7 Å². The van der Waals surface area contributed by atoms with Crippen LogP contribution in [0.2, 0.25) is 0 Å². The summed E-state index contributed by atoms with van der Waals surface area (Å²) < 4.78 is 25.8. The van der Waals surface area contributed by atoms with E-state index in [1.807, 2.05) is 39.0 Å². The average Bonchev–Trinajstić information content (AvgIpc) is 3.17. The second kappa shape index (κ2) is 16.5. The molecule has 7 rings (SSSR count). The predicted octanol–water partition coefficient (Wildman–Crippen LogP) is 9.02. The third kappa shape index (κ3) is 9.05. The Kier molecular flexibility index (Phi) is 11.3. The Morgan fingerprint density at radius 3 is 2.40 bits per heavy atom. The van der Waals surface area contributed by atoms with Crippen LogP contribution in [0.4, 0.5) is 11.4 Å². The summed E-state index contributed by atoms with van der Waals surface area (Å²) in [7, 11) is 1.60. The number of hydrogen-bond donors (Lipinski definition) is 1. The SMILES string of the molecule is COCOc1ccc(NCc2ccc(-c3c4ccc(=[N+]5CCCCC5)cc-4oc4cc(N5CCCCC5)ccc34)cc2)cc1CCC(=O)OC(C)(C)C. The number of piperidine rings is 2. The number of rotatable bonds is 11. The molecule has 3 heterocycles. The molecule has 0 atom stereocenters. The molecule has 1 N–H and O–H groups in total. The molecule has 0 saturated carbocycles. The van der Waals surface area contributed by atoms with E-state index in [0.717, 1.165) is 65.3 Å². The van der Waals surface area contributed by atoms with E-state index in [0.29, 0.717) is 18.7 Å². The molecule has 1 aliphatic carbocycles. The molecule has 0 amide bonds. The Bertz CT molecular complexity index is 2060. The summed E-state index contributed by atoms with van der Waals surface area (Å²) in [5.41, 5.74) is 8.19. The number of fused-ring (bicyclic) bond motifs is 2. The van der Waals surface area contributed by atoms with Crippen molar-refractivity contribution < 1.29 is 23.4 Å². The van der Waals surface area contributed by atoms with Crippen LogP contribution in [-0.2, 0) is 27.2 Å². The van der Waals surface area contributed by atoms with Crippen molar-refractivity contribution in [1.82, 2.24) is 4.58 Å². The molecule has 0 spiro atoms. The van der Waals surface area contributed by atoms with Gasteiger partial charge in [0.1, 0.15) is 35.8 Å². The number of methoxy groups -OCH3 is 1. The third-order valence-corrected chi connectivity index (χ3v) is 10.3. The fraction of sp³-hybridized carbons (Fsp3) is 0.422. The minimum Gasteiger partial charge on any atom is -0.467 e. The number of benzene rings is 4. The van der Waals surface area contributed by atoms with Crippen LogP contribution in [0.1, 0.15) is 76.8 Å². The van der Waals surface area contributed by atoms with Gasteiger partial charge in [-0.2, -0.15) is 0 Å². The summed E-state index contributed by atoms with van der Waals surface area (Å²) in [5, 5.41) is 5.95. The number of carbonyl (C=O) groups excluding carboxylic acids is 1. The maximum atomic E-state index is 12.5. The zero-order valence-electron chi connectivity index (χ0n) is 31.8. The number of nitrogens with one attached hydrogen (secondary N) is 1. The molecule has 8 nitrogen and oxygen atoms in total. The van der Waals surface area contributed by atoms with Crippen molar-refractivity contribution in [3.05, 3.63) is 95.3 Å².